The van der Waals surface area contributed by atoms with Crippen molar-refractivity contribution in [1.82, 2.24) is 9.80 Å². The van der Waals surface area contributed by atoms with Crippen molar-refractivity contribution in [3.63, 3.8) is 0 Å². The summed E-state index contributed by atoms with van der Waals surface area (Å²) in [5.41, 5.74) is 0. The first kappa shape index (κ1) is 12.3. The van der Waals surface area contributed by atoms with Crippen LogP contribution in [0.5, 0.6) is 0 Å². The number of hydrogen-bond donors (Lipinski definition) is 0. The molecule has 0 rings (SSSR count). The molecule has 0 aromatic carbocycles. The molecule has 0 bridgehead atoms. The molecule has 0 saturated heterocycles. The molecule has 0 aliphatic rings. The van der Waals surface area contributed by atoms with E-state index in [1.165, 1.54) is 0 Å². The molecule has 3 nitrogen and oxygen atoms in total. The Kier molecular flexibility index (Phi) is 6.37. The SMILES string of the molecule is CC/N=C(\N(C)CC)N(CC)CC. The fraction of sp³-hybridized carbons (Fsp3) is 0.900. The zero-order chi connectivity index (χ0) is 10.3. The van der Waals surface area contributed by atoms with Crippen LogP contribution in [-0.2, 0) is 0 Å². The van der Waals surface area contributed by atoms with E-state index < -0.39 is 0 Å². The van der Waals surface area contributed by atoms with Crippen molar-refractivity contribution in [3.8, 4) is 0 Å². The third kappa shape index (κ3) is 3.66. The van der Waals surface area contributed by atoms with Gasteiger partial charge in [0, 0.05) is 33.2 Å². The van der Waals surface area contributed by atoms with Gasteiger partial charge in [-0.2, -0.15) is 0 Å². The second kappa shape index (κ2) is 6.75. The van der Waals surface area contributed by atoms with Gasteiger partial charge >= 0.3 is 0 Å². The molecule has 3 heteroatoms. The summed E-state index contributed by atoms with van der Waals surface area (Å²) >= 11 is 0. The van der Waals surface area contributed by atoms with Gasteiger partial charge in [-0.25, -0.2) is 0 Å². The highest BCUT2D eigenvalue weighted by Crippen LogP contribution is 1.97. The molecule has 0 aromatic heterocycles. The lowest BCUT2D eigenvalue weighted by Gasteiger charge is -2.29. The molecule has 0 amide bonds. The van der Waals surface area contributed by atoms with E-state index in [1.807, 2.05) is 0 Å². The topological polar surface area (TPSA) is 18.8 Å². The highest BCUT2D eigenvalue weighted by Gasteiger charge is 2.09. The Bertz CT molecular complexity index is 150. The van der Waals surface area contributed by atoms with Gasteiger partial charge in [0.2, 0.25) is 0 Å². The lowest BCUT2D eigenvalue weighted by molar-refractivity contribution is 0.375. The maximum Gasteiger partial charge on any atom is 0.196 e. The number of nitrogens with zero attached hydrogens (tertiary/aromatic N) is 3. The molecule has 13 heavy (non-hydrogen) atoms. The molecule has 0 atom stereocenters. The Morgan fingerprint density at radius 1 is 1.00 bits per heavy atom. The number of rotatable bonds is 4. The summed E-state index contributed by atoms with van der Waals surface area (Å²) in [7, 11) is 2.09. The van der Waals surface area contributed by atoms with E-state index in [0.29, 0.717) is 0 Å². The molecule has 0 radical (unpaired) electrons. The van der Waals surface area contributed by atoms with Crippen LogP contribution in [0, 0.1) is 0 Å². The number of guanidine groups is 1. The predicted octanol–water partition coefficient (Wildman–Crippen LogP) is 1.66. The average Bonchev–Trinajstić information content (AvgIpc) is 2.17. The molecular weight excluding hydrogens is 162 g/mol. The smallest absolute Gasteiger partial charge is 0.196 e. The van der Waals surface area contributed by atoms with Crippen molar-refractivity contribution in [3.05, 3.63) is 0 Å². The van der Waals surface area contributed by atoms with Crippen molar-refractivity contribution >= 4 is 5.96 Å². The minimum Gasteiger partial charge on any atom is -0.346 e. The van der Waals surface area contributed by atoms with Crippen LogP contribution in [0.4, 0.5) is 0 Å². The Labute approximate surface area is 82.4 Å². The lowest BCUT2D eigenvalue weighted by Crippen LogP contribution is -2.42. The fourth-order valence-electron chi connectivity index (χ4n) is 1.25. The number of aliphatic imine (C=N–C) groups is 1. The molecule has 0 unspecified atom stereocenters. The molecule has 0 aliphatic heterocycles. The third-order valence-electron chi connectivity index (χ3n) is 2.16. The van der Waals surface area contributed by atoms with Crippen LogP contribution in [0.15, 0.2) is 4.99 Å². The third-order valence-corrected chi connectivity index (χ3v) is 2.16. The standard InChI is InChI=1S/C10H23N3/c1-6-11-10(12(5)7-2)13(8-3)9-4/h6-9H2,1-5H3/b11-10+. The first-order valence-electron chi connectivity index (χ1n) is 5.21. The summed E-state index contributed by atoms with van der Waals surface area (Å²) in [6.45, 7) is 12.5. The second-order valence-corrected chi connectivity index (χ2v) is 2.96. The summed E-state index contributed by atoms with van der Waals surface area (Å²) in [5.74, 6) is 1.12. The minimum absolute atomic E-state index is 0.857. The molecule has 0 aromatic rings. The maximum absolute atomic E-state index is 4.51. The van der Waals surface area contributed by atoms with Crippen LogP contribution in [0.3, 0.4) is 0 Å². The molecule has 0 fully saturated rings. The fourth-order valence-corrected chi connectivity index (χ4v) is 1.25. The Morgan fingerprint density at radius 3 is 1.85 bits per heavy atom. The lowest BCUT2D eigenvalue weighted by atomic mass is 10.5. The van der Waals surface area contributed by atoms with Gasteiger partial charge in [-0.1, -0.05) is 0 Å². The van der Waals surface area contributed by atoms with Crippen molar-refractivity contribution in [2.75, 3.05) is 33.2 Å². The molecular formula is C10H23N3. The van der Waals surface area contributed by atoms with E-state index in [4.69, 9.17) is 0 Å². The molecule has 0 heterocycles. The van der Waals surface area contributed by atoms with Crippen LogP contribution in [-0.4, -0.2) is 49.0 Å². The highest BCUT2D eigenvalue weighted by atomic mass is 15.4. The van der Waals surface area contributed by atoms with Crippen LogP contribution in [0.25, 0.3) is 0 Å². The minimum atomic E-state index is 0.857. The molecule has 0 aliphatic carbocycles. The van der Waals surface area contributed by atoms with Crippen molar-refractivity contribution in [2.24, 2.45) is 4.99 Å². The molecule has 78 valence electrons. The van der Waals surface area contributed by atoms with Gasteiger partial charge in [0.25, 0.3) is 0 Å². The van der Waals surface area contributed by atoms with E-state index in [1.54, 1.807) is 0 Å². The van der Waals surface area contributed by atoms with Gasteiger partial charge in [-0.3, -0.25) is 4.99 Å². The molecule has 0 N–H and O–H groups in total. The van der Waals surface area contributed by atoms with Gasteiger partial charge in [0.1, 0.15) is 0 Å². The number of hydrogen-bond acceptors (Lipinski definition) is 1. The average molecular weight is 185 g/mol. The zero-order valence-electron chi connectivity index (χ0n) is 9.67. The van der Waals surface area contributed by atoms with Crippen molar-refractivity contribution < 1.29 is 0 Å². The largest absolute Gasteiger partial charge is 0.346 e. The van der Waals surface area contributed by atoms with Gasteiger partial charge in [0.05, 0.1) is 0 Å². The van der Waals surface area contributed by atoms with Crippen LogP contribution in [0.2, 0.25) is 0 Å². The van der Waals surface area contributed by atoms with E-state index in [0.717, 1.165) is 32.1 Å². The summed E-state index contributed by atoms with van der Waals surface area (Å²) in [6, 6.07) is 0. The van der Waals surface area contributed by atoms with Crippen LogP contribution in [0.1, 0.15) is 27.7 Å². The maximum atomic E-state index is 4.51. The van der Waals surface area contributed by atoms with E-state index in [9.17, 15) is 0 Å². The van der Waals surface area contributed by atoms with E-state index in [-0.39, 0.29) is 0 Å². The normalized spacial score (nSPS) is 11.6. The summed E-state index contributed by atoms with van der Waals surface area (Å²) in [4.78, 5) is 8.98. The van der Waals surface area contributed by atoms with Crippen molar-refractivity contribution in [2.45, 2.75) is 27.7 Å². The van der Waals surface area contributed by atoms with E-state index >= 15 is 0 Å². The molecule has 0 saturated carbocycles. The highest BCUT2D eigenvalue weighted by molar-refractivity contribution is 5.79. The van der Waals surface area contributed by atoms with Crippen LogP contribution >= 0.6 is 0 Å². The van der Waals surface area contributed by atoms with Gasteiger partial charge in [0.15, 0.2) is 5.96 Å². The van der Waals surface area contributed by atoms with Gasteiger partial charge in [-0.05, 0) is 27.7 Å². The van der Waals surface area contributed by atoms with Crippen molar-refractivity contribution in [1.29, 1.82) is 0 Å². The summed E-state index contributed by atoms with van der Waals surface area (Å²) < 4.78 is 0. The van der Waals surface area contributed by atoms with E-state index in [2.05, 4.69) is 49.5 Å². The molecule has 0 spiro atoms. The Balaban J connectivity index is 4.48. The zero-order valence-corrected chi connectivity index (χ0v) is 9.67. The first-order valence-corrected chi connectivity index (χ1v) is 5.21. The predicted molar refractivity (Wildman–Crippen MR) is 59.2 cm³/mol. The van der Waals surface area contributed by atoms with Gasteiger partial charge in [-0.15, -0.1) is 0 Å². The first-order chi connectivity index (χ1) is 6.21. The van der Waals surface area contributed by atoms with Gasteiger partial charge < -0.3 is 9.80 Å². The second-order valence-electron chi connectivity index (χ2n) is 2.96. The summed E-state index contributed by atoms with van der Waals surface area (Å²) in [6.07, 6.45) is 0. The summed E-state index contributed by atoms with van der Waals surface area (Å²) in [5, 5.41) is 0. The monoisotopic (exact) mass is 185 g/mol. The van der Waals surface area contributed by atoms with Crippen LogP contribution < -0.4 is 0 Å². The Hall–Kier alpha value is -0.730. The quantitative estimate of drug-likeness (QED) is 0.490. The Morgan fingerprint density at radius 2 is 1.54 bits per heavy atom.